The molecule has 0 radical (unpaired) electrons. The SMILES string of the molecule is Nc1nc(OCc2cccc(OC(F)F)c2)c2n[nH]nc2n1. The number of alkyl halides is 2. The summed E-state index contributed by atoms with van der Waals surface area (Å²) in [6.45, 7) is -2.81. The summed E-state index contributed by atoms with van der Waals surface area (Å²) < 4.78 is 34.2. The molecule has 1 aromatic carbocycles. The maximum Gasteiger partial charge on any atom is 0.387 e. The van der Waals surface area contributed by atoms with Crippen LogP contribution in [0.4, 0.5) is 14.7 Å². The molecular weight excluding hydrogens is 298 g/mol. The molecule has 2 aromatic heterocycles. The Morgan fingerprint density at radius 3 is 2.91 bits per heavy atom. The van der Waals surface area contributed by atoms with Crippen molar-refractivity contribution in [3.8, 4) is 11.6 Å². The molecule has 3 N–H and O–H groups in total. The minimum absolute atomic E-state index is 0.00816. The van der Waals surface area contributed by atoms with Gasteiger partial charge in [0.25, 0.3) is 0 Å². The number of ether oxygens (including phenoxy) is 2. The maximum atomic E-state index is 12.2. The first kappa shape index (κ1) is 13.9. The van der Waals surface area contributed by atoms with Crippen molar-refractivity contribution in [1.29, 1.82) is 0 Å². The Kier molecular flexibility index (Phi) is 3.64. The second kappa shape index (κ2) is 5.76. The maximum absolute atomic E-state index is 12.2. The lowest BCUT2D eigenvalue weighted by molar-refractivity contribution is -0.0499. The van der Waals surface area contributed by atoms with E-state index < -0.39 is 6.61 Å². The lowest BCUT2D eigenvalue weighted by Crippen LogP contribution is -2.04. The minimum Gasteiger partial charge on any atom is -0.471 e. The molecule has 0 bridgehead atoms. The number of benzene rings is 1. The molecule has 114 valence electrons. The van der Waals surface area contributed by atoms with Crippen LogP contribution in [0.2, 0.25) is 0 Å². The third-order valence-corrected chi connectivity index (χ3v) is 2.67. The van der Waals surface area contributed by atoms with Gasteiger partial charge < -0.3 is 15.2 Å². The van der Waals surface area contributed by atoms with Gasteiger partial charge in [0.05, 0.1) is 0 Å². The van der Waals surface area contributed by atoms with Gasteiger partial charge in [-0.15, -0.1) is 10.2 Å². The minimum atomic E-state index is -2.88. The Morgan fingerprint density at radius 2 is 2.09 bits per heavy atom. The molecule has 0 aliphatic carbocycles. The molecule has 3 rings (SSSR count). The zero-order chi connectivity index (χ0) is 15.5. The number of nitrogens with one attached hydrogen (secondary N) is 1. The van der Waals surface area contributed by atoms with E-state index in [0.29, 0.717) is 11.1 Å². The van der Waals surface area contributed by atoms with Gasteiger partial charge >= 0.3 is 6.61 Å². The van der Waals surface area contributed by atoms with Crippen molar-refractivity contribution in [3.05, 3.63) is 29.8 Å². The number of nitrogen functional groups attached to an aromatic ring is 1. The van der Waals surface area contributed by atoms with Gasteiger partial charge in [-0.25, -0.2) is 0 Å². The topological polar surface area (TPSA) is 112 Å². The van der Waals surface area contributed by atoms with Gasteiger partial charge in [-0.2, -0.15) is 24.0 Å². The van der Waals surface area contributed by atoms with E-state index in [1.807, 2.05) is 0 Å². The van der Waals surface area contributed by atoms with E-state index in [0.717, 1.165) is 0 Å². The number of H-pyrrole nitrogens is 1. The number of aromatic nitrogens is 5. The van der Waals surface area contributed by atoms with Crippen molar-refractivity contribution in [1.82, 2.24) is 25.4 Å². The third kappa shape index (κ3) is 3.00. The van der Waals surface area contributed by atoms with E-state index in [2.05, 4.69) is 30.1 Å². The van der Waals surface area contributed by atoms with Crippen LogP contribution in [0.15, 0.2) is 24.3 Å². The quantitative estimate of drug-likeness (QED) is 0.734. The lowest BCUT2D eigenvalue weighted by atomic mass is 10.2. The Morgan fingerprint density at radius 1 is 1.23 bits per heavy atom. The molecule has 0 aliphatic rings. The molecule has 0 spiro atoms. The van der Waals surface area contributed by atoms with Crippen LogP contribution in [-0.2, 0) is 6.61 Å². The molecule has 0 amide bonds. The van der Waals surface area contributed by atoms with Crippen LogP contribution in [0.25, 0.3) is 11.2 Å². The second-order valence-electron chi connectivity index (χ2n) is 4.20. The summed E-state index contributed by atoms with van der Waals surface area (Å²) >= 11 is 0. The fourth-order valence-electron chi connectivity index (χ4n) is 1.80. The second-order valence-corrected chi connectivity index (χ2v) is 4.20. The number of hydrogen-bond donors (Lipinski definition) is 2. The van der Waals surface area contributed by atoms with Crippen LogP contribution in [0.5, 0.6) is 11.6 Å². The van der Waals surface area contributed by atoms with E-state index in [-0.39, 0.29) is 29.8 Å². The van der Waals surface area contributed by atoms with E-state index in [4.69, 9.17) is 10.5 Å². The zero-order valence-corrected chi connectivity index (χ0v) is 11.0. The summed E-state index contributed by atoms with van der Waals surface area (Å²) in [6.07, 6.45) is 0. The van der Waals surface area contributed by atoms with Crippen LogP contribution in [0.3, 0.4) is 0 Å². The highest BCUT2D eigenvalue weighted by Gasteiger charge is 2.12. The van der Waals surface area contributed by atoms with E-state index in [1.54, 1.807) is 12.1 Å². The van der Waals surface area contributed by atoms with E-state index >= 15 is 0 Å². The molecule has 0 aliphatic heterocycles. The van der Waals surface area contributed by atoms with Crippen molar-refractivity contribution in [2.24, 2.45) is 0 Å². The van der Waals surface area contributed by atoms with Crippen LogP contribution >= 0.6 is 0 Å². The number of nitrogens with zero attached hydrogens (tertiary/aromatic N) is 4. The fourth-order valence-corrected chi connectivity index (χ4v) is 1.80. The Labute approximate surface area is 122 Å². The number of halogens is 2. The largest absolute Gasteiger partial charge is 0.471 e. The highest BCUT2D eigenvalue weighted by molar-refractivity contribution is 5.75. The molecule has 0 saturated carbocycles. The van der Waals surface area contributed by atoms with Crippen molar-refractivity contribution in [2.45, 2.75) is 13.2 Å². The first-order valence-electron chi connectivity index (χ1n) is 6.12. The first-order valence-corrected chi connectivity index (χ1v) is 6.12. The predicted octanol–water partition coefficient (Wildman–Crippen LogP) is 1.51. The molecule has 0 atom stereocenters. The highest BCUT2D eigenvalue weighted by atomic mass is 19.3. The van der Waals surface area contributed by atoms with Gasteiger partial charge in [-0.3, -0.25) is 0 Å². The average Bonchev–Trinajstić information content (AvgIpc) is 2.92. The summed E-state index contributed by atoms with van der Waals surface area (Å²) in [6, 6.07) is 6.14. The molecule has 10 heteroatoms. The smallest absolute Gasteiger partial charge is 0.387 e. The number of fused-ring (bicyclic) bond motifs is 1. The molecule has 2 heterocycles. The molecule has 8 nitrogen and oxygen atoms in total. The van der Waals surface area contributed by atoms with Crippen molar-refractivity contribution in [3.63, 3.8) is 0 Å². The van der Waals surface area contributed by atoms with Crippen molar-refractivity contribution < 1.29 is 18.3 Å². The van der Waals surface area contributed by atoms with E-state index in [9.17, 15) is 8.78 Å². The van der Waals surface area contributed by atoms with Gasteiger partial charge in [0, 0.05) is 0 Å². The zero-order valence-electron chi connectivity index (χ0n) is 11.0. The van der Waals surface area contributed by atoms with Gasteiger partial charge in [-0.05, 0) is 17.7 Å². The van der Waals surface area contributed by atoms with Crippen LogP contribution < -0.4 is 15.2 Å². The third-order valence-electron chi connectivity index (χ3n) is 2.67. The molecule has 0 unspecified atom stereocenters. The fraction of sp³-hybridized carbons (Fsp3) is 0.167. The van der Waals surface area contributed by atoms with Crippen molar-refractivity contribution in [2.75, 3.05) is 5.73 Å². The summed E-state index contributed by atoms with van der Waals surface area (Å²) in [5, 5.41) is 10.0. The molecule has 3 aromatic rings. The predicted molar refractivity (Wildman–Crippen MR) is 71.3 cm³/mol. The first-order chi connectivity index (χ1) is 10.6. The van der Waals surface area contributed by atoms with Crippen molar-refractivity contribution >= 4 is 17.1 Å². The summed E-state index contributed by atoms with van der Waals surface area (Å²) in [7, 11) is 0. The van der Waals surface area contributed by atoms with Gasteiger partial charge in [-0.1, -0.05) is 12.1 Å². The summed E-state index contributed by atoms with van der Waals surface area (Å²) in [5.41, 5.74) is 6.77. The normalized spacial score (nSPS) is 11.0. The Hall–Kier alpha value is -3.04. The molecular formula is C12H10F2N6O2. The lowest BCUT2D eigenvalue weighted by Gasteiger charge is -2.08. The van der Waals surface area contributed by atoms with E-state index in [1.165, 1.54) is 12.1 Å². The Bertz CT molecular complexity index is 794. The Balaban J connectivity index is 1.78. The molecule has 22 heavy (non-hydrogen) atoms. The molecule has 0 fully saturated rings. The number of hydrogen-bond acceptors (Lipinski definition) is 7. The van der Waals surface area contributed by atoms with Gasteiger partial charge in [0.1, 0.15) is 12.4 Å². The van der Waals surface area contributed by atoms with Gasteiger partial charge in [0.2, 0.25) is 17.5 Å². The molecule has 0 saturated heterocycles. The van der Waals surface area contributed by atoms with Gasteiger partial charge in [0.15, 0.2) is 5.52 Å². The number of anilines is 1. The van der Waals surface area contributed by atoms with Crippen LogP contribution in [0, 0.1) is 0 Å². The monoisotopic (exact) mass is 308 g/mol. The highest BCUT2D eigenvalue weighted by Crippen LogP contribution is 2.21. The summed E-state index contributed by atoms with van der Waals surface area (Å²) in [5.74, 6) is 0.187. The average molecular weight is 308 g/mol. The standard InChI is InChI=1S/C12H10F2N6O2/c13-11(14)22-7-3-1-2-6(4-7)5-21-10-8-9(19-20-18-8)16-12(15)17-10/h1-4,11H,5H2,(H3,15,16,17,18,19,20). The van der Waals surface area contributed by atoms with Crippen LogP contribution in [-0.4, -0.2) is 32.0 Å². The number of aromatic amines is 1. The number of rotatable bonds is 5. The number of nitrogens with two attached hydrogens (primary N) is 1. The summed E-state index contributed by atoms with van der Waals surface area (Å²) in [4.78, 5) is 7.81. The van der Waals surface area contributed by atoms with Crippen LogP contribution in [0.1, 0.15) is 5.56 Å².